The van der Waals surface area contributed by atoms with Crippen LogP contribution in [0.2, 0.25) is 0 Å². The molecule has 27 heavy (non-hydrogen) atoms. The number of fused-ring (bicyclic) bond motifs is 2. The summed E-state index contributed by atoms with van der Waals surface area (Å²) in [6.45, 7) is 7.74. The average Bonchev–Trinajstić information content (AvgIpc) is 3.30. The van der Waals surface area contributed by atoms with Crippen molar-refractivity contribution in [3.63, 3.8) is 0 Å². The van der Waals surface area contributed by atoms with Gasteiger partial charge in [0.05, 0.1) is 6.54 Å². The number of aryl methyl sites for hydroxylation is 1. The van der Waals surface area contributed by atoms with E-state index in [1.165, 1.54) is 37.3 Å². The number of likely N-dealkylation sites (tertiary alicyclic amines) is 1. The van der Waals surface area contributed by atoms with E-state index in [-0.39, 0.29) is 0 Å². The molecular formula is C22H30N4O. The second-order valence-electron chi connectivity index (χ2n) is 8.52. The van der Waals surface area contributed by atoms with Gasteiger partial charge in [0.1, 0.15) is 11.6 Å². The Morgan fingerprint density at radius 2 is 2.04 bits per heavy atom. The summed E-state index contributed by atoms with van der Waals surface area (Å²) in [4.78, 5) is 10.1. The molecule has 5 heterocycles. The summed E-state index contributed by atoms with van der Waals surface area (Å²) >= 11 is 0. The molecule has 1 aromatic heterocycles. The quantitative estimate of drug-likeness (QED) is 0.883. The van der Waals surface area contributed by atoms with Crippen LogP contribution in [0.5, 0.6) is 5.75 Å². The Kier molecular flexibility index (Phi) is 4.44. The van der Waals surface area contributed by atoms with Crippen molar-refractivity contribution in [3.05, 3.63) is 48.0 Å². The van der Waals surface area contributed by atoms with Gasteiger partial charge in [0, 0.05) is 43.5 Å². The van der Waals surface area contributed by atoms with Crippen LogP contribution in [0.25, 0.3) is 0 Å². The zero-order valence-electron chi connectivity index (χ0n) is 16.2. The van der Waals surface area contributed by atoms with Crippen molar-refractivity contribution in [2.45, 2.75) is 57.3 Å². The maximum atomic E-state index is 10.0. The highest BCUT2D eigenvalue weighted by molar-refractivity contribution is 5.33. The fraction of sp³-hybridized carbons (Fsp3) is 0.591. The largest absolute Gasteiger partial charge is 0.508 e. The van der Waals surface area contributed by atoms with Gasteiger partial charge in [0.15, 0.2) is 0 Å². The average molecular weight is 367 g/mol. The van der Waals surface area contributed by atoms with E-state index in [2.05, 4.69) is 38.5 Å². The summed E-state index contributed by atoms with van der Waals surface area (Å²) < 4.78 is 2.32. The lowest BCUT2D eigenvalue weighted by Crippen LogP contribution is -2.60. The molecule has 6 rings (SSSR count). The van der Waals surface area contributed by atoms with Gasteiger partial charge in [-0.1, -0.05) is 19.1 Å². The van der Waals surface area contributed by atoms with E-state index in [0.29, 0.717) is 23.8 Å². The molecule has 0 radical (unpaired) electrons. The third-order valence-corrected chi connectivity index (χ3v) is 7.00. The molecule has 4 fully saturated rings. The van der Waals surface area contributed by atoms with E-state index in [1.807, 2.05) is 18.3 Å². The molecule has 4 saturated heterocycles. The Labute approximate surface area is 161 Å². The highest BCUT2D eigenvalue weighted by atomic mass is 16.3. The molecule has 0 spiro atoms. The number of rotatable bonds is 5. The fourth-order valence-corrected chi connectivity index (χ4v) is 5.89. The van der Waals surface area contributed by atoms with Gasteiger partial charge in [-0.25, -0.2) is 4.98 Å². The SMILES string of the molecule is CCCn1ccnc1CN1C[C@H](c2cccc(O)c2)[C@H]2[C@@H]1C1CCN2CC1. The number of aromatic nitrogens is 2. The standard InChI is InChI=1S/C22H30N4O/c1-2-9-24-12-8-23-20(24)15-26-14-19(17-4-3-5-18(27)13-17)22-21(26)16-6-10-25(22)11-7-16/h3-5,8,12-13,16,19,21-22,27H,2,6-7,9-11,14-15H2,1H3/t19-,21+,22+/m1/s1. The zero-order valence-corrected chi connectivity index (χ0v) is 16.2. The Bertz CT molecular complexity index is 795. The summed E-state index contributed by atoms with van der Waals surface area (Å²) in [7, 11) is 0. The normalized spacial score (nSPS) is 32.7. The molecule has 4 aliphatic heterocycles. The van der Waals surface area contributed by atoms with Crippen LogP contribution in [0.3, 0.4) is 0 Å². The first-order valence-electron chi connectivity index (χ1n) is 10.5. The Hall–Kier alpha value is -1.85. The van der Waals surface area contributed by atoms with Crippen LogP contribution in [0, 0.1) is 5.92 Å². The van der Waals surface area contributed by atoms with Crippen molar-refractivity contribution in [1.29, 1.82) is 0 Å². The number of piperidine rings is 3. The van der Waals surface area contributed by atoms with Crippen molar-refractivity contribution in [2.24, 2.45) is 5.92 Å². The second-order valence-corrected chi connectivity index (χ2v) is 8.52. The molecule has 0 aliphatic carbocycles. The van der Waals surface area contributed by atoms with Crippen LogP contribution >= 0.6 is 0 Å². The molecule has 5 heteroatoms. The van der Waals surface area contributed by atoms with Crippen LogP contribution in [-0.4, -0.2) is 56.2 Å². The number of imidazole rings is 1. The zero-order chi connectivity index (χ0) is 18.4. The maximum Gasteiger partial charge on any atom is 0.122 e. The van der Waals surface area contributed by atoms with Crippen LogP contribution < -0.4 is 0 Å². The van der Waals surface area contributed by atoms with E-state index >= 15 is 0 Å². The summed E-state index contributed by atoms with van der Waals surface area (Å²) in [6, 6.07) is 9.15. The van der Waals surface area contributed by atoms with Crippen LogP contribution in [0.1, 0.15) is 43.5 Å². The van der Waals surface area contributed by atoms with Gasteiger partial charge < -0.3 is 9.67 Å². The molecule has 144 valence electrons. The highest BCUT2D eigenvalue weighted by Gasteiger charge is 2.53. The lowest BCUT2D eigenvalue weighted by atomic mass is 9.75. The number of benzene rings is 1. The fourth-order valence-electron chi connectivity index (χ4n) is 5.89. The summed E-state index contributed by atoms with van der Waals surface area (Å²) in [6.07, 6.45) is 7.86. The maximum absolute atomic E-state index is 10.0. The molecule has 4 aliphatic rings. The van der Waals surface area contributed by atoms with E-state index in [0.717, 1.165) is 32.0 Å². The topological polar surface area (TPSA) is 44.5 Å². The molecule has 1 N–H and O–H groups in total. The van der Waals surface area contributed by atoms with Gasteiger partial charge in [0.2, 0.25) is 0 Å². The van der Waals surface area contributed by atoms with Gasteiger partial charge in [-0.2, -0.15) is 0 Å². The Morgan fingerprint density at radius 3 is 2.81 bits per heavy atom. The minimum Gasteiger partial charge on any atom is -0.508 e. The third-order valence-electron chi connectivity index (χ3n) is 7.00. The summed E-state index contributed by atoms with van der Waals surface area (Å²) in [5, 5.41) is 10.0. The van der Waals surface area contributed by atoms with Gasteiger partial charge in [-0.15, -0.1) is 0 Å². The van der Waals surface area contributed by atoms with Crippen LogP contribution in [0.4, 0.5) is 0 Å². The molecule has 0 saturated carbocycles. The summed E-state index contributed by atoms with van der Waals surface area (Å²) in [5.74, 6) is 2.86. The van der Waals surface area contributed by atoms with E-state index in [4.69, 9.17) is 0 Å². The molecule has 0 amide bonds. The predicted molar refractivity (Wildman–Crippen MR) is 106 cm³/mol. The van der Waals surface area contributed by atoms with Gasteiger partial charge in [-0.05, 0) is 56.0 Å². The molecule has 5 nitrogen and oxygen atoms in total. The molecule has 2 aromatic rings. The van der Waals surface area contributed by atoms with Crippen molar-refractivity contribution < 1.29 is 5.11 Å². The second kappa shape index (κ2) is 6.95. The van der Waals surface area contributed by atoms with E-state index < -0.39 is 0 Å². The number of phenols is 1. The molecule has 2 bridgehead atoms. The van der Waals surface area contributed by atoms with Crippen LogP contribution in [-0.2, 0) is 13.1 Å². The van der Waals surface area contributed by atoms with Gasteiger partial charge in [-0.3, -0.25) is 9.80 Å². The first-order chi connectivity index (χ1) is 13.2. The molecule has 3 atom stereocenters. The van der Waals surface area contributed by atoms with Crippen LogP contribution in [0.15, 0.2) is 36.7 Å². The number of aromatic hydroxyl groups is 1. The first kappa shape index (κ1) is 17.3. The number of phenolic OH excluding ortho intramolecular Hbond substituents is 1. The van der Waals surface area contributed by atoms with Gasteiger partial charge >= 0.3 is 0 Å². The van der Waals surface area contributed by atoms with Crippen molar-refractivity contribution in [3.8, 4) is 5.75 Å². The monoisotopic (exact) mass is 366 g/mol. The van der Waals surface area contributed by atoms with Crippen molar-refractivity contribution >= 4 is 0 Å². The van der Waals surface area contributed by atoms with Gasteiger partial charge in [0.25, 0.3) is 0 Å². The summed E-state index contributed by atoms with van der Waals surface area (Å²) in [5.41, 5.74) is 1.29. The van der Waals surface area contributed by atoms with E-state index in [9.17, 15) is 5.11 Å². The Morgan fingerprint density at radius 1 is 1.19 bits per heavy atom. The Balaban J connectivity index is 1.46. The van der Waals surface area contributed by atoms with Crippen molar-refractivity contribution in [1.82, 2.24) is 19.4 Å². The smallest absolute Gasteiger partial charge is 0.122 e. The molecule has 1 aromatic carbocycles. The highest BCUT2D eigenvalue weighted by Crippen LogP contribution is 2.47. The molecular weight excluding hydrogens is 336 g/mol. The molecule has 0 unspecified atom stereocenters. The minimum absolute atomic E-state index is 0.386. The third kappa shape index (κ3) is 2.97. The van der Waals surface area contributed by atoms with E-state index in [1.54, 1.807) is 6.07 Å². The predicted octanol–water partition coefficient (Wildman–Crippen LogP) is 3.06. The lowest BCUT2D eigenvalue weighted by molar-refractivity contribution is -0.00954. The number of hydrogen-bond donors (Lipinski definition) is 1. The lowest BCUT2D eigenvalue weighted by Gasteiger charge is -2.51. The minimum atomic E-state index is 0.386. The first-order valence-corrected chi connectivity index (χ1v) is 10.5. The number of hydrogen-bond acceptors (Lipinski definition) is 4. The van der Waals surface area contributed by atoms with Crippen molar-refractivity contribution in [2.75, 3.05) is 19.6 Å². The number of nitrogens with zero attached hydrogens (tertiary/aromatic N) is 4.